The van der Waals surface area contributed by atoms with Crippen molar-refractivity contribution in [1.82, 2.24) is 30.7 Å². The number of hydrogen-bond acceptors (Lipinski definition) is 7. The SMILES string of the molecule is Cc1nc(C(=O)Nc2nnc(C3CCCN3)o2)n[nH]1. The molecule has 3 rings (SSSR count). The summed E-state index contributed by atoms with van der Waals surface area (Å²) in [6, 6.07) is 0.125. The van der Waals surface area contributed by atoms with Gasteiger partial charge in [0.15, 0.2) is 0 Å². The standard InChI is InChI=1S/C10H13N7O2/c1-5-12-7(15-14-5)8(18)13-10-17-16-9(19-10)6-3-2-4-11-6/h6,11H,2-4H2,1H3,(H,12,14,15)(H,13,17,18). The predicted octanol–water partition coefficient (Wildman–Crippen LogP) is 0.173. The molecular weight excluding hydrogens is 250 g/mol. The van der Waals surface area contributed by atoms with E-state index in [2.05, 4.69) is 36.0 Å². The summed E-state index contributed by atoms with van der Waals surface area (Å²) < 4.78 is 5.38. The monoisotopic (exact) mass is 263 g/mol. The Bertz CT molecular complexity index is 584. The molecule has 0 bridgehead atoms. The van der Waals surface area contributed by atoms with Gasteiger partial charge in [-0.2, -0.15) is 0 Å². The second-order valence-corrected chi connectivity index (χ2v) is 4.29. The fraction of sp³-hybridized carbons (Fsp3) is 0.500. The Morgan fingerprint density at radius 1 is 1.47 bits per heavy atom. The zero-order valence-electron chi connectivity index (χ0n) is 10.3. The van der Waals surface area contributed by atoms with Crippen LogP contribution in [-0.4, -0.2) is 37.8 Å². The van der Waals surface area contributed by atoms with E-state index in [-0.39, 0.29) is 17.9 Å². The van der Waals surface area contributed by atoms with Crippen molar-refractivity contribution in [3.8, 4) is 0 Å². The number of anilines is 1. The molecule has 2 aromatic heterocycles. The van der Waals surface area contributed by atoms with Crippen LogP contribution in [0.15, 0.2) is 4.42 Å². The van der Waals surface area contributed by atoms with Crippen LogP contribution in [0.2, 0.25) is 0 Å². The largest absolute Gasteiger partial charge is 0.406 e. The highest BCUT2D eigenvalue weighted by atomic mass is 16.4. The number of aryl methyl sites for hydroxylation is 1. The Balaban J connectivity index is 1.68. The first kappa shape index (κ1) is 11.8. The minimum Gasteiger partial charge on any atom is -0.406 e. The van der Waals surface area contributed by atoms with E-state index in [1.165, 1.54) is 0 Å². The number of hydrogen-bond donors (Lipinski definition) is 3. The summed E-state index contributed by atoms with van der Waals surface area (Å²) in [6.07, 6.45) is 2.03. The van der Waals surface area contributed by atoms with Crippen molar-refractivity contribution in [3.63, 3.8) is 0 Å². The van der Waals surface area contributed by atoms with Gasteiger partial charge in [0, 0.05) is 0 Å². The van der Waals surface area contributed by atoms with Crippen molar-refractivity contribution in [2.45, 2.75) is 25.8 Å². The molecule has 1 aliphatic heterocycles. The third kappa shape index (κ3) is 2.45. The number of carbonyl (C=O) groups is 1. The summed E-state index contributed by atoms with van der Waals surface area (Å²) in [5.41, 5.74) is 0. The Hall–Kier alpha value is -2.29. The third-order valence-electron chi connectivity index (χ3n) is 2.82. The normalized spacial score (nSPS) is 18.7. The van der Waals surface area contributed by atoms with E-state index >= 15 is 0 Å². The van der Waals surface area contributed by atoms with E-state index in [0.717, 1.165) is 19.4 Å². The van der Waals surface area contributed by atoms with Gasteiger partial charge in [-0.3, -0.25) is 15.2 Å². The molecule has 0 aromatic carbocycles. The molecule has 0 spiro atoms. The molecule has 0 aliphatic carbocycles. The van der Waals surface area contributed by atoms with E-state index in [0.29, 0.717) is 11.7 Å². The van der Waals surface area contributed by atoms with Gasteiger partial charge >= 0.3 is 6.01 Å². The second kappa shape index (κ2) is 4.76. The topological polar surface area (TPSA) is 122 Å². The molecule has 0 radical (unpaired) electrons. The van der Waals surface area contributed by atoms with Crippen LogP contribution in [0.25, 0.3) is 0 Å². The number of amides is 1. The van der Waals surface area contributed by atoms with Crippen LogP contribution < -0.4 is 10.6 Å². The molecule has 19 heavy (non-hydrogen) atoms. The molecule has 2 aromatic rings. The van der Waals surface area contributed by atoms with Crippen LogP contribution in [0.1, 0.15) is 41.2 Å². The highest BCUT2D eigenvalue weighted by molar-refractivity contribution is 6.00. The van der Waals surface area contributed by atoms with Crippen LogP contribution >= 0.6 is 0 Å². The van der Waals surface area contributed by atoms with Gasteiger partial charge in [0.05, 0.1) is 6.04 Å². The number of carbonyl (C=O) groups excluding carboxylic acids is 1. The Morgan fingerprint density at radius 3 is 3.05 bits per heavy atom. The zero-order chi connectivity index (χ0) is 13.2. The van der Waals surface area contributed by atoms with Crippen LogP contribution in [0.5, 0.6) is 0 Å². The molecule has 1 atom stereocenters. The molecule has 0 saturated carbocycles. The van der Waals surface area contributed by atoms with Gasteiger partial charge in [-0.15, -0.1) is 10.2 Å². The van der Waals surface area contributed by atoms with Gasteiger partial charge in [-0.25, -0.2) is 4.98 Å². The Kier molecular flexibility index (Phi) is 2.95. The molecule has 9 heteroatoms. The van der Waals surface area contributed by atoms with E-state index < -0.39 is 5.91 Å². The van der Waals surface area contributed by atoms with Crippen molar-refractivity contribution in [3.05, 3.63) is 17.5 Å². The summed E-state index contributed by atoms with van der Waals surface area (Å²) in [6.45, 7) is 2.64. The second-order valence-electron chi connectivity index (χ2n) is 4.29. The zero-order valence-corrected chi connectivity index (χ0v) is 10.3. The summed E-state index contributed by atoms with van der Waals surface area (Å²) in [5, 5.41) is 19.7. The van der Waals surface area contributed by atoms with Crippen molar-refractivity contribution in [1.29, 1.82) is 0 Å². The number of rotatable bonds is 3. The molecular formula is C10H13N7O2. The van der Waals surface area contributed by atoms with Crippen molar-refractivity contribution >= 4 is 11.9 Å². The van der Waals surface area contributed by atoms with Gasteiger partial charge in [0.1, 0.15) is 5.82 Å². The Morgan fingerprint density at radius 2 is 2.37 bits per heavy atom. The fourth-order valence-corrected chi connectivity index (χ4v) is 1.92. The average molecular weight is 263 g/mol. The van der Waals surface area contributed by atoms with Gasteiger partial charge < -0.3 is 9.73 Å². The molecule has 1 unspecified atom stereocenters. The third-order valence-corrected chi connectivity index (χ3v) is 2.82. The molecule has 1 amide bonds. The number of aromatic amines is 1. The maximum absolute atomic E-state index is 11.8. The maximum atomic E-state index is 11.8. The number of nitrogens with one attached hydrogen (secondary N) is 3. The lowest BCUT2D eigenvalue weighted by Gasteiger charge is -2.02. The number of H-pyrrole nitrogens is 1. The Labute approximate surface area is 108 Å². The summed E-state index contributed by atoms with van der Waals surface area (Å²) >= 11 is 0. The highest BCUT2D eigenvalue weighted by Crippen LogP contribution is 2.22. The van der Waals surface area contributed by atoms with E-state index in [9.17, 15) is 4.79 Å². The average Bonchev–Trinajstić information content (AvgIpc) is 3.07. The summed E-state index contributed by atoms with van der Waals surface area (Å²) in [7, 11) is 0. The molecule has 1 saturated heterocycles. The maximum Gasteiger partial charge on any atom is 0.322 e. The van der Waals surface area contributed by atoms with Gasteiger partial charge in [0.25, 0.3) is 5.91 Å². The predicted molar refractivity (Wildman–Crippen MR) is 63.3 cm³/mol. The number of aromatic nitrogens is 5. The lowest BCUT2D eigenvalue weighted by atomic mass is 10.2. The molecule has 1 fully saturated rings. The van der Waals surface area contributed by atoms with Gasteiger partial charge in [-0.1, -0.05) is 5.10 Å². The summed E-state index contributed by atoms with van der Waals surface area (Å²) in [4.78, 5) is 15.7. The molecule has 9 nitrogen and oxygen atoms in total. The molecule has 1 aliphatic rings. The highest BCUT2D eigenvalue weighted by Gasteiger charge is 2.23. The minimum atomic E-state index is -0.487. The molecule has 3 N–H and O–H groups in total. The van der Waals surface area contributed by atoms with Crippen molar-refractivity contribution in [2.24, 2.45) is 0 Å². The van der Waals surface area contributed by atoms with E-state index in [1.54, 1.807) is 6.92 Å². The van der Waals surface area contributed by atoms with Gasteiger partial charge in [0.2, 0.25) is 11.7 Å². The first-order valence-corrected chi connectivity index (χ1v) is 5.99. The fourth-order valence-electron chi connectivity index (χ4n) is 1.92. The van der Waals surface area contributed by atoms with Crippen LogP contribution in [0.3, 0.4) is 0 Å². The van der Waals surface area contributed by atoms with Crippen LogP contribution in [0, 0.1) is 6.92 Å². The van der Waals surface area contributed by atoms with E-state index in [4.69, 9.17) is 4.42 Å². The lowest BCUT2D eigenvalue weighted by Crippen LogP contribution is -2.14. The van der Waals surface area contributed by atoms with E-state index in [1.807, 2.05) is 0 Å². The van der Waals surface area contributed by atoms with Gasteiger partial charge in [-0.05, 0) is 26.3 Å². The molecule has 3 heterocycles. The minimum absolute atomic E-state index is 0.0382. The number of nitrogens with zero attached hydrogens (tertiary/aromatic N) is 4. The van der Waals surface area contributed by atoms with Crippen LogP contribution in [0.4, 0.5) is 6.01 Å². The molecule has 100 valence electrons. The summed E-state index contributed by atoms with van der Waals surface area (Å²) in [5.74, 6) is 0.598. The smallest absolute Gasteiger partial charge is 0.322 e. The van der Waals surface area contributed by atoms with Crippen molar-refractivity contribution < 1.29 is 9.21 Å². The first-order chi connectivity index (χ1) is 9.22. The first-order valence-electron chi connectivity index (χ1n) is 5.99. The van der Waals surface area contributed by atoms with Crippen molar-refractivity contribution in [2.75, 3.05) is 11.9 Å². The lowest BCUT2D eigenvalue weighted by molar-refractivity contribution is 0.101. The van der Waals surface area contributed by atoms with Crippen LogP contribution in [-0.2, 0) is 0 Å². The quantitative estimate of drug-likeness (QED) is 0.721.